The second-order valence-corrected chi connectivity index (χ2v) is 7.68. The van der Waals surface area contributed by atoms with Crippen molar-refractivity contribution in [2.45, 2.75) is 71.6 Å². The topological polar surface area (TPSA) is 55.1 Å². The molecule has 3 N–H and O–H groups in total. The molecule has 0 atom stereocenters. The lowest BCUT2D eigenvalue weighted by atomic mass is 9.78. The SMILES string of the molecule is CC(C)CC1(CNC(=O)C2(CN)CCCC2)CCCC1. The van der Waals surface area contributed by atoms with Gasteiger partial charge in [-0.15, -0.1) is 0 Å². The van der Waals surface area contributed by atoms with Crippen molar-refractivity contribution in [3.8, 4) is 0 Å². The molecule has 0 radical (unpaired) electrons. The Kier molecular flexibility index (Phi) is 5.11. The first-order valence-corrected chi connectivity index (χ1v) is 8.50. The van der Waals surface area contributed by atoms with Crippen LogP contribution in [0.5, 0.6) is 0 Å². The highest BCUT2D eigenvalue weighted by Gasteiger charge is 2.41. The number of amides is 1. The molecule has 0 aliphatic heterocycles. The van der Waals surface area contributed by atoms with Crippen LogP contribution in [0.1, 0.15) is 71.6 Å². The minimum absolute atomic E-state index is 0.229. The molecule has 0 spiro atoms. The van der Waals surface area contributed by atoms with E-state index in [-0.39, 0.29) is 11.3 Å². The summed E-state index contributed by atoms with van der Waals surface area (Å²) in [7, 11) is 0. The molecule has 1 amide bonds. The second kappa shape index (κ2) is 6.46. The zero-order valence-corrected chi connectivity index (χ0v) is 13.3. The van der Waals surface area contributed by atoms with Crippen LogP contribution in [0.25, 0.3) is 0 Å². The first-order chi connectivity index (χ1) is 9.52. The quantitative estimate of drug-likeness (QED) is 0.785. The van der Waals surface area contributed by atoms with E-state index in [2.05, 4.69) is 19.2 Å². The van der Waals surface area contributed by atoms with Gasteiger partial charge in [0.2, 0.25) is 5.91 Å². The molecule has 0 saturated heterocycles. The average molecular weight is 280 g/mol. The second-order valence-electron chi connectivity index (χ2n) is 7.68. The van der Waals surface area contributed by atoms with Crippen molar-refractivity contribution in [3.05, 3.63) is 0 Å². The minimum atomic E-state index is -0.252. The molecule has 0 aromatic heterocycles. The maximum Gasteiger partial charge on any atom is 0.227 e. The van der Waals surface area contributed by atoms with Gasteiger partial charge in [-0.2, -0.15) is 0 Å². The fraction of sp³-hybridized carbons (Fsp3) is 0.941. The number of hydrogen-bond donors (Lipinski definition) is 2. The van der Waals surface area contributed by atoms with E-state index in [1.807, 2.05) is 0 Å². The van der Waals surface area contributed by atoms with E-state index in [4.69, 9.17) is 5.73 Å². The van der Waals surface area contributed by atoms with Gasteiger partial charge in [-0.25, -0.2) is 0 Å². The number of hydrogen-bond acceptors (Lipinski definition) is 2. The lowest BCUT2D eigenvalue weighted by Gasteiger charge is -2.33. The Labute approximate surface area is 124 Å². The molecule has 2 rings (SSSR count). The van der Waals surface area contributed by atoms with Crippen LogP contribution in [0, 0.1) is 16.7 Å². The maximum atomic E-state index is 12.6. The van der Waals surface area contributed by atoms with Gasteiger partial charge in [0.1, 0.15) is 0 Å². The van der Waals surface area contributed by atoms with Crippen LogP contribution in [0.4, 0.5) is 0 Å². The van der Waals surface area contributed by atoms with Gasteiger partial charge >= 0.3 is 0 Å². The summed E-state index contributed by atoms with van der Waals surface area (Å²) in [4.78, 5) is 12.6. The first kappa shape index (κ1) is 15.8. The number of carbonyl (C=O) groups excluding carboxylic acids is 1. The molecule has 0 bridgehead atoms. The van der Waals surface area contributed by atoms with Gasteiger partial charge < -0.3 is 11.1 Å². The molecule has 20 heavy (non-hydrogen) atoms. The highest BCUT2D eigenvalue weighted by atomic mass is 16.2. The van der Waals surface area contributed by atoms with Crippen molar-refractivity contribution in [3.63, 3.8) is 0 Å². The summed E-state index contributed by atoms with van der Waals surface area (Å²) in [5, 5.41) is 3.29. The summed E-state index contributed by atoms with van der Waals surface area (Å²) in [5.74, 6) is 0.937. The summed E-state index contributed by atoms with van der Waals surface area (Å²) in [5.41, 5.74) is 6.01. The van der Waals surface area contributed by atoms with Crippen LogP contribution in [0.15, 0.2) is 0 Å². The predicted molar refractivity (Wildman–Crippen MR) is 83.3 cm³/mol. The Morgan fingerprint density at radius 1 is 1.10 bits per heavy atom. The monoisotopic (exact) mass is 280 g/mol. The lowest BCUT2D eigenvalue weighted by Crippen LogP contribution is -2.47. The smallest absolute Gasteiger partial charge is 0.227 e. The van der Waals surface area contributed by atoms with Gasteiger partial charge in [0.05, 0.1) is 5.41 Å². The van der Waals surface area contributed by atoms with Crippen molar-refractivity contribution >= 4 is 5.91 Å². The van der Waals surface area contributed by atoms with E-state index in [1.165, 1.54) is 32.1 Å². The van der Waals surface area contributed by atoms with E-state index in [0.717, 1.165) is 32.2 Å². The molecule has 3 nitrogen and oxygen atoms in total. The van der Waals surface area contributed by atoms with Gasteiger partial charge in [0.25, 0.3) is 0 Å². The van der Waals surface area contributed by atoms with Crippen LogP contribution in [0.2, 0.25) is 0 Å². The number of nitrogens with two attached hydrogens (primary N) is 1. The average Bonchev–Trinajstić information content (AvgIpc) is 3.05. The van der Waals surface area contributed by atoms with Gasteiger partial charge in [-0.1, -0.05) is 39.5 Å². The number of rotatable bonds is 6. The molecular formula is C17H32N2O. The normalized spacial score (nSPS) is 24.2. The van der Waals surface area contributed by atoms with Crippen LogP contribution in [0.3, 0.4) is 0 Å². The lowest BCUT2D eigenvalue weighted by molar-refractivity contribution is -0.130. The molecule has 0 aromatic carbocycles. The minimum Gasteiger partial charge on any atom is -0.355 e. The van der Waals surface area contributed by atoms with E-state index in [9.17, 15) is 4.79 Å². The van der Waals surface area contributed by atoms with Crippen molar-refractivity contribution in [2.75, 3.05) is 13.1 Å². The maximum absolute atomic E-state index is 12.6. The Balaban J connectivity index is 1.93. The molecule has 0 aromatic rings. The van der Waals surface area contributed by atoms with Crippen LogP contribution in [-0.2, 0) is 4.79 Å². The highest BCUT2D eigenvalue weighted by molar-refractivity contribution is 5.83. The van der Waals surface area contributed by atoms with Crippen molar-refractivity contribution < 1.29 is 4.79 Å². The third-order valence-electron chi connectivity index (χ3n) is 5.56. The summed E-state index contributed by atoms with van der Waals surface area (Å²) in [6, 6.07) is 0. The molecule has 2 aliphatic carbocycles. The Bertz CT molecular complexity index is 326. The predicted octanol–water partition coefficient (Wildman–Crippen LogP) is 3.23. The largest absolute Gasteiger partial charge is 0.355 e. The third kappa shape index (κ3) is 3.36. The number of nitrogens with one attached hydrogen (secondary N) is 1. The van der Waals surface area contributed by atoms with Crippen molar-refractivity contribution in [1.29, 1.82) is 0 Å². The Hall–Kier alpha value is -0.570. The summed E-state index contributed by atoms with van der Waals surface area (Å²) < 4.78 is 0. The fourth-order valence-electron chi connectivity index (χ4n) is 4.48. The van der Waals surface area contributed by atoms with Gasteiger partial charge in [-0.05, 0) is 43.4 Å². The van der Waals surface area contributed by atoms with Gasteiger partial charge in [0.15, 0.2) is 0 Å². The fourth-order valence-corrected chi connectivity index (χ4v) is 4.48. The Morgan fingerprint density at radius 3 is 2.15 bits per heavy atom. The Morgan fingerprint density at radius 2 is 1.65 bits per heavy atom. The first-order valence-electron chi connectivity index (χ1n) is 8.50. The highest BCUT2D eigenvalue weighted by Crippen LogP contribution is 2.43. The van der Waals surface area contributed by atoms with Crippen molar-refractivity contribution in [1.82, 2.24) is 5.32 Å². The standard InChI is InChI=1S/C17H32N2O/c1-14(2)11-16(7-3-4-8-16)13-19-15(20)17(12-18)9-5-6-10-17/h14H,3-13,18H2,1-2H3,(H,19,20). The third-order valence-corrected chi connectivity index (χ3v) is 5.56. The van der Waals surface area contributed by atoms with E-state index >= 15 is 0 Å². The molecular weight excluding hydrogens is 248 g/mol. The van der Waals surface area contributed by atoms with E-state index in [1.54, 1.807) is 0 Å². The van der Waals surface area contributed by atoms with E-state index in [0.29, 0.717) is 17.9 Å². The zero-order valence-electron chi connectivity index (χ0n) is 13.3. The summed E-state index contributed by atoms with van der Waals surface area (Å²) in [6.45, 7) is 5.96. The van der Waals surface area contributed by atoms with Gasteiger partial charge in [0, 0.05) is 13.1 Å². The zero-order chi connectivity index (χ0) is 14.6. The molecule has 2 aliphatic rings. The number of carbonyl (C=O) groups is 1. The van der Waals surface area contributed by atoms with Crippen LogP contribution in [-0.4, -0.2) is 19.0 Å². The molecule has 0 unspecified atom stereocenters. The molecule has 0 heterocycles. The summed E-state index contributed by atoms with van der Waals surface area (Å²) in [6.07, 6.45) is 10.7. The molecule has 3 heteroatoms. The van der Waals surface area contributed by atoms with Crippen LogP contribution < -0.4 is 11.1 Å². The van der Waals surface area contributed by atoms with Crippen molar-refractivity contribution in [2.24, 2.45) is 22.5 Å². The summed E-state index contributed by atoms with van der Waals surface area (Å²) >= 11 is 0. The van der Waals surface area contributed by atoms with Crippen LogP contribution >= 0.6 is 0 Å². The van der Waals surface area contributed by atoms with E-state index < -0.39 is 0 Å². The van der Waals surface area contributed by atoms with Gasteiger partial charge in [-0.3, -0.25) is 4.79 Å². The molecule has 2 saturated carbocycles. The molecule has 2 fully saturated rings. The molecule has 116 valence electrons.